The Morgan fingerprint density at radius 2 is 1.97 bits per heavy atom. The van der Waals surface area contributed by atoms with Crippen molar-refractivity contribution in [1.82, 2.24) is 10.4 Å². The van der Waals surface area contributed by atoms with E-state index in [2.05, 4.69) is 17.6 Å². The highest BCUT2D eigenvalue weighted by molar-refractivity contribution is 6.34. The number of halogens is 1. The highest BCUT2D eigenvalue weighted by Gasteiger charge is 2.47. The molecule has 0 aromatic heterocycles. The number of aliphatic imine (C=N–C) groups is 1. The molecule has 1 spiro atoms. The molecule has 1 saturated heterocycles. The van der Waals surface area contributed by atoms with E-state index >= 15 is 0 Å². The standard InChI is InChI=1S/C26H37ClN4O3/c1-4-19-5-7-21(8-6-19)24-29-25(33)26(30-24)12-14-31(15-13-26)34-16-11-20-9-10-22(28-18(3)32)23(27)17(20)2/h9-10,19,21H,4-8,11-16H2,1-3H3,(H,28,32)(H,29,30,33). The molecule has 0 radical (unpaired) electrons. The van der Waals surface area contributed by atoms with E-state index in [1.165, 1.54) is 26.2 Å². The zero-order valence-electron chi connectivity index (χ0n) is 20.6. The van der Waals surface area contributed by atoms with Gasteiger partial charge in [0, 0.05) is 25.9 Å². The number of hydrogen-bond acceptors (Lipinski definition) is 5. The van der Waals surface area contributed by atoms with Gasteiger partial charge in [-0.15, -0.1) is 0 Å². The Hall–Kier alpha value is -1.96. The Morgan fingerprint density at radius 3 is 2.62 bits per heavy atom. The van der Waals surface area contributed by atoms with Crippen molar-refractivity contribution in [1.29, 1.82) is 0 Å². The molecule has 0 bridgehead atoms. The summed E-state index contributed by atoms with van der Waals surface area (Å²) in [5.41, 5.74) is 2.06. The number of hydrogen-bond donors (Lipinski definition) is 2. The van der Waals surface area contributed by atoms with Gasteiger partial charge in [0.15, 0.2) is 0 Å². The Labute approximate surface area is 207 Å². The molecule has 1 aromatic carbocycles. The van der Waals surface area contributed by atoms with Gasteiger partial charge >= 0.3 is 0 Å². The van der Waals surface area contributed by atoms with Gasteiger partial charge in [-0.2, -0.15) is 5.06 Å². The third-order valence-electron chi connectivity index (χ3n) is 7.81. The first kappa shape index (κ1) is 25.1. The van der Waals surface area contributed by atoms with Crippen molar-refractivity contribution < 1.29 is 14.4 Å². The van der Waals surface area contributed by atoms with Crippen LogP contribution < -0.4 is 10.6 Å². The predicted octanol–water partition coefficient (Wildman–Crippen LogP) is 4.66. The van der Waals surface area contributed by atoms with Crippen LogP contribution in [0.2, 0.25) is 5.02 Å². The van der Waals surface area contributed by atoms with Crippen molar-refractivity contribution in [2.24, 2.45) is 16.8 Å². The number of rotatable bonds is 7. The number of carbonyl (C=O) groups is 2. The lowest BCUT2D eigenvalue weighted by Crippen LogP contribution is -2.49. The van der Waals surface area contributed by atoms with Crippen molar-refractivity contribution in [2.75, 3.05) is 25.0 Å². The van der Waals surface area contributed by atoms with Crippen LogP contribution in [0.25, 0.3) is 0 Å². The van der Waals surface area contributed by atoms with E-state index in [0.29, 0.717) is 49.2 Å². The van der Waals surface area contributed by atoms with E-state index in [-0.39, 0.29) is 11.8 Å². The Kier molecular flexibility index (Phi) is 7.95. The zero-order valence-corrected chi connectivity index (χ0v) is 21.3. The molecular weight excluding hydrogens is 452 g/mol. The normalized spacial score (nSPS) is 24.7. The van der Waals surface area contributed by atoms with E-state index in [1.54, 1.807) is 0 Å². The predicted molar refractivity (Wildman–Crippen MR) is 135 cm³/mol. The van der Waals surface area contributed by atoms with Crippen LogP contribution in [-0.4, -0.2) is 47.9 Å². The quantitative estimate of drug-likeness (QED) is 0.584. The number of benzene rings is 1. The SMILES string of the molecule is CCC1CCC(C2=NC3(CCN(OCCc4ccc(NC(C)=O)c(Cl)c4C)CC3)C(=O)N2)CC1. The monoisotopic (exact) mass is 488 g/mol. The van der Waals surface area contributed by atoms with Crippen molar-refractivity contribution in [3.63, 3.8) is 0 Å². The lowest BCUT2D eigenvalue weighted by Gasteiger charge is -2.34. The zero-order chi connectivity index (χ0) is 24.3. The molecule has 2 N–H and O–H groups in total. The molecule has 2 amide bonds. The summed E-state index contributed by atoms with van der Waals surface area (Å²) in [5, 5.41) is 8.41. The number of hydroxylamine groups is 2. The van der Waals surface area contributed by atoms with Gasteiger partial charge in [0.25, 0.3) is 5.91 Å². The van der Waals surface area contributed by atoms with E-state index < -0.39 is 5.54 Å². The molecule has 34 heavy (non-hydrogen) atoms. The van der Waals surface area contributed by atoms with Crippen LogP contribution in [0, 0.1) is 18.8 Å². The molecule has 0 unspecified atom stereocenters. The molecule has 2 aliphatic heterocycles. The Morgan fingerprint density at radius 1 is 1.26 bits per heavy atom. The lowest BCUT2D eigenvalue weighted by molar-refractivity contribution is -0.176. The van der Waals surface area contributed by atoms with E-state index in [0.717, 1.165) is 42.1 Å². The summed E-state index contributed by atoms with van der Waals surface area (Å²) >= 11 is 6.42. The fourth-order valence-corrected chi connectivity index (χ4v) is 5.70. The molecule has 3 aliphatic rings. The molecule has 0 atom stereocenters. The van der Waals surface area contributed by atoms with Crippen LogP contribution in [0.1, 0.15) is 69.9 Å². The topological polar surface area (TPSA) is 83.0 Å². The summed E-state index contributed by atoms with van der Waals surface area (Å²) in [5.74, 6) is 2.11. The third-order valence-corrected chi connectivity index (χ3v) is 8.30. The van der Waals surface area contributed by atoms with Crippen molar-refractivity contribution in [3.05, 3.63) is 28.3 Å². The smallest absolute Gasteiger partial charge is 0.253 e. The van der Waals surface area contributed by atoms with E-state index in [1.807, 2.05) is 24.1 Å². The molecule has 4 rings (SSSR count). The lowest BCUT2D eigenvalue weighted by atomic mass is 9.80. The molecule has 1 aromatic rings. The molecule has 2 heterocycles. The number of nitrogens with zero attached hydrogens (tertiary/aromatic N) is 2. The molecule has 2 fully saturated rings. The average Bonchev–Trinajstić information content (AvgIpc) is 3.15. The minimum absolute atomic E-state index is 0.0734. The second-order valence-corrected chi connectivity index (χ2v) is 10.4. The Balaban J connectivity index is 1.27. The summed E-state index contributed by atoms with van der Waals surface area (Å²) in [6.07, 6.45) is 8.09. The number of anilines is 1. The van der Waals surface area contributed by atoms with Gasteiger partial charge in [0.2, 0.25) is 5.91 Å². The number of nitrogens with one attached hydrogen (secondary N) is 2. The molecular formula is C26H37ClN4O3. The van der Waals surface area contributed by atoms with Crippen LogP contribution >= 0.6 is 11.6 Å². The number of amidine groups is 1. The second-order valence-electron chi connectivity index (χ2n) is 10.0. The highest BCUT2D eigenvalue weighted by atomic mass is 35.5. The molecule has 7 nitrogen and oxygen atoms in total. The maximum Gasteiger partial charge on any atom is 0.253 e. The van der Waals surface area contributed by atoms with Gasteiger partial charge in [-0.05, 0) is 75.0 Å². The third kappa shape index (κ3) is 5.47. The first-order valence-electron chi connectivity index (χ1n) is 12.7. The van der Waals surface area contributed by atoms with Crippen LogP contribution in [0.5, 0.6) is 0 Å². The Bertz CT molecular complexity index is 948. The van der Waals surface area contributed by atoms with Crippen LogP contribution in [0.3, 0.4) is 0 Å². The van der Waals surface area contributed by atoms with E-state index in [4.69, 9.17) is 21.4 Å². The number of piperidine rings is 1. The summed E-state index contributed by atoms with van der Waals surface area (Å²) < 4.78 is 0. The average molecular weight is 489 g/mol. The summed E-state index contributed by atoms with van der Waals surface area (Å²) in [6.45, 7) is 7.60. The van der Waals surface area contributed by atoms with Crippen LogP contribution in [-0.2, 0) is 20.8 Å². The van der Waals surface area contributed by atoms with Gasteiger partial charge in [-0.3, -0.25) is 19.4 Å². The van der Waals surface area contributed by atoms with Crippen molar-refractivity contribution in [3.8, 4) is 0 Å². The molecule has 8 heteroatoms. The first-order valence-corrected chi connectivity index (χ1v) is 13.0. The van der Waals surface area contributed by atoms with Gasteiger partial charge in [0.05, 0.1) is 17.3 Å². The minimum atomic E-state index is -0.611. The van der Waals surface area contributed by atoms with E-state index in [9.17, 15) is 9.59 Å². The van der Waals surface area contributed by atoms with Gasteiger partial charge in [-0.25, -0.2) is 0 Å². The van der Waals surface area contributed by atoms with Crippen LogP contribution in [0.15, 0.2) is 17.1 Å². The molecule has 186 valence electrons. The second kappa shape index (κ2) is 10.8. The largest absolute Gasteiger partial charge is 0.325 e. The number of amides is 2. The highest BCUT2D eigenvalue weighted by Crippen LogP contribution is 2.36. The minimum Gasteiger partial charge on any atom is -0.325 e. The van der Waals surface area contributed by atoms with Gasteiger partial charge in [0.1, 0.15) is 11.4 Å². The van der Waals surface area contributed by atoms with Crippen LogP contribution in [0.4, 0.5) is 5.69 Å². The van der Waals surface area contributed by atoms with Crippen molar-refractivity contribution >= 4 is 34.9 Å². The number of carbonyl (C=O) groups excluding carboxylic acids is 2. The van der Waals surface area contributed by atoms with Gasteiger partial charge in [-0.1, -0.05) is 31.0 Å². The summed E-state index contributed by atoms with van der Waals surface area (Å²) in [6, 6.07) is 3.81. The maximum absolute atomic E-state index is 12.9. The van der Waals surface area contributed by atoms with Crippen molar-refractivity contribution in [2.45, 2.75) is 77.7 Å². The summed E-state index contributed by atoms with van der Waals surface area (Å²) in [4.78, 5) is 35.2. The molecule has 1 saturated carbocycles. The fourth-order valence-electron chi connectivity index (χ4n) is 5.47. The molecule has 1 aliphatic carbocycles. The summed E-state index contributed by atoms with van der Waals surface area (Å²) in [7, 11) is 0. The first-order chi connectivity index (χ1) is 16.3. The van der Waals surface area contributed by atoms with Gasteiger partial charge < -0.3 is 10.6 Å². The fraction of sp³-hybridized carbons (Fsp3) is 0.654. The maximum atomic E-state index is 12.9.